The Morgan fingerprint density at radius 3 is 2.58 bits per heavy atom. The molecule has 3 heterocycles. The third-order valence-corrected chi connectivity index (χ3v) is 6.17. The van der Waals surface area contributed by atoms with E-state index in [0.717, 1.165) is 37.2 Å². The maximum atomic E-state index is 13.4. The van der Waals surface area contributed by atoms with Gasteiger partial charge in [-0.05, 0) is 57.3 Å². The van der Waals surface area contributed by atoms with Crippen LogP contribution in [-0.2, 0) is 0 Å². The number of piperidine rings is 1. The van der Waals surface area contributed by atoms with Crippen molar-refractivity contribution >= 4 is 17.4 Å². The highest BCUT2D eigenvalue weighted by atomic mass is 16.7. The minimum absolute atomic E-state index is 0.0529. The number of hydrogen-bond donors (Lipinski definition) is 1. The summed E-state index contributed by atoms with van der Waals surface area (Å²) in [7, 11) is 4.18. The molecule has 0 atom stereocenters. The maximum absolute atomic E-state index is 13.4. The van der Waals surface area contributed by atoms with Gasteiger partial charge in [-0.15, -0.1) is 0 Å². The van der Waals surface area contributed by atoms with Crippen LogP contribution in [0.5, 0.6) is 11.5 Å². The van der Waals surface area contributed by atoms with Crippen LogP contribution in [0.4, 0.5) is 11.5 Å². The zero-order valence-electron chi connectivity index (χ0n) is 18.8. The molecular formula is C25H27N5O3. The van der Waals surface area contributed by atoms with Gasteiger partial charge >= 0.3 is 0 Å². The minimum atomic E-state index is -0.0529. The monoisotopic (exact) mass is 445 g/mol. The third kappa shape index (κ3) is 4.47. The Labute approximate surface area is 193 Å². The molecule has 8 nitrogen and oxygen atoms in total. The second-order valence-corrected chi connectivity index (χ2v) is 8.50. The zero-order valence-corrected chi connectivity index (χ0v) is 18.8. The number of nitrogens with one attached hydrogen (secondary N) is 1. The van der Waals surface area contributed by atoms with Gasteiger partial charge in [-0.25, -0.2) is 9.97 Å². The molecule has 1 saturated heterocycles. The summed E-state index contributed by atoms with van der Waals surface area (Å²) < 4.78 is 10.9. The van der Waals surface area contributed by atoms with Crippen molar-refractivity contribution in [1.82, 2.24) is 19.8 Å². The van der Waals surface area contributed by atoms with Gasteiger partial charge in [-0.3, -0.25) is 4.79 Å². The molecule has 1 amide bonds. The van der Waals surface area contributed by atoms with Crippen LogP contribution in [0.1, 0.15) is 23.2 Å². The van der Waals surface area contributed by atoms with E-state index in [-0.39, 0.29) is 12.7 Å². The molecule has 0 bridgehead atoms. The number of likely N-dealkylation sites (tertiary alicyclic amines) is 1. The van der Waals surface area contributed by atoms with Crippen LogP contribution in [0, 0.1) is 0 Å². The molecule has 0 unspecified atom stereocenters. The van der Waals surface area contributed by atoms with E-state index < -0.39 is 0 Å². The van der Waals surface area contributed by atoms with Crippen LogP contribution in [0.25, 0.3) is 11.4 Å². The lowest BCUT2D eigenvalue weighted by Gasteiger charge is -2.35. The lowest BCUT2D eigenvalue weighted by Crippen LogP contribution is -2.44. The minimum Gasteiger partial charge on any atom is -0.454 e. The fourth-order valence-electron chi connectivity index (χ4n) is 4.22. The number of aromatic nitrogens is 2. The number of carbonyl (C=O) groups is 1. The third-order valence-electron chi connectivity index (χ3n) is 6.17. The Bertz CT molecular complexity index is 1140. The average molecular weight is 446 g/mol. The quantitative estimate of drug-likeness (QED) is 0.640. The van der Waals surface area contributed by atoms with Crippen LogP contribution >= 0.6 is 0 Å². The van der Waals surface area contributed by atoms with E-state index in [1.807, 2.05) is 53.4 Å². The molecule has 0 spiro atoms. The van der Waals surface area contributed by atoms with Crippen LogP contribution < -0.4 is 14.8 Å². The second kappa shape index (κ2) is 9.07. The van der Waals surface area contributed by atoms with Gasteiger partial charge in [0.15, 0.2) is 17.3 Å². The first-order valence-corrected chi connectivity index (χ1v) is 11.1. The highest BCUT2D eigenvalue weighted by molar-refractivity contribution is 5.99. The fraction of sp³-hybridized carbons (Fsp3) is 0.320. The first kappa shape index (κ1) is 21.2. The van der Waals surface area contributed by atoms with Crippen molar-refractivity contribution in [1.29, 1.82) is 0 Å². The van der Waals surface area contributed by atoms with Crippen LogP contribution in [-0.4, -0.2) is 65.7 Å². The average Bonchev–Trinajstić information content (AvgIpc) is 3.32. The van der Waals surface area contributed by atoms with Crippen molar-refractivity contribution in [2.45, 2.75) is 18.9 Å². The number of anilines is 2. The number of para-hydroxylation sites is 1. The fourth-order valence-corrected chi connectivity index (χ4v) is 4.22. The van der Waals surface area contributed by atoms with Gasteiger partial charge in [-0.2, -0.15) is 0 Å². The number of rotatable bonds is 5. The number of nitrogens with zero attached hydrogens (tertiary/aromatic N) is 4. The van der Waals surface area contributed by atoms with E-state index in [1.165, 1.54) is 0 Å². The van der Waals surface area contributed by atoms with E-state index in [9.17, 15) is 4.79 Å². The van der Waals surface area contributed by atoms with Gasteiger partial charge in [0.05, 0.1) is 0 Å². The Kier molecular flexibility index (Phi) is 5.83. The van der Waals surface area contributed by atoms with E-state index in [2.05, 4.69) is 29.3 Å². The first-order valence-electron chi connectivity index (χ1n) is 11.1. The summed E-state index contributed by atoms with van der Waals surface area (Å²) in [5, 5.41) is 3.32. The summed E-state index contributed by atoms with van der Waals surface area (Å²) in [5.41, 5.74) is 2.11. The van der Waals surface area contributed by atoms with E-state index in [1.54, 1.807) is 6.20 Å². The summed E-state index contributed by atoms with van der Waals surface area (Å²) in [6.45, 7) is 1.64. The molecule has 1 fully saturated rings. The summed E-state index contributed by atoms with van der Waals surface area (Å²) in [6, 6.07) is 15.8. The molecule has 0 radical (unpaired) electrons. The number of ether oxygens (including phenoxy) is 2. The molecule has 5 rings (SSSR count). The van der Waals surface area contributed by atoms with Crippen molar-refractivity contribution < 1.29 is 14.3 Å². The van der Waals surface area contributed by atoms with Gasteiger partial charge < -0.3 is 24.6 Å². The van der Waals surface area contributed by atoms with Gasteiger partial charge in [0, 0.05) is 36.6 Å². The molecule has 8 heteroatoms. The number of benzene rings is 2. The summed E-state index contributed by atoms with van der Waals surface area (Å²) in [4.78, 5) is 26.9. The zero-order chi connectivity index (χ0) is 22.8. The number of carbonyl (C=O) groups excluding carboxylic acids is 1. The van der Waals surface area contributed by atoms with E-state index in [4.69, 9.17) is 14.5 Å². The van der Waals surface area contributed by atoms with Gasteiger partial charge in [-0.1, -0.05) is 18.2 Å². The predicted octanol–water partition coefficient (Wildman–Crippen LogP) is 3.78. The Morgan fingerprint density at radius 1 is 1.06 bits per heavy atom. The standard InChI is InChI=1S/C25H27N5O3/c1-29(2)19-10-12-30(13-11-19)25(31)20-15-26-23(17-8-9-21-22(14-17)33-16-32-21)28-24(20)27-18-6-4-3-5-7-18/h3-9,14-15,19H,10-13,16H2,1-2H3,(H,26,27,28). The molecule has 1 N–H and O–H groups in total. The van der Waals surface area contributed by atoms with Gasteiger partial charge in [0.1, 0.15) is 11.4 Å². The SMILES string of the molecule is CN(C)C1CCN(C(=O)c2cnc(-c3ccc4c(c3)OCO4)nc2Nc2ccccc2)CC1. The number of fused-ring (bicyclic) bond motifs is 1. The van der Waals surface area contributed by atoms with E-state index >= 15 is 0 Å². The molecule has 33 heavy (non-hydrogen) atoms. The smallest absolute Gasteiger partial charge is 0.259 e. The lowest BCUT2D eigenvalue weighted by molar-refractivity contribution is 0.0663. The predicted molar refractivity (Wildman–Crippen MR) is 126 cm³/mol. The normalized spacial score (nSPS) is 15.7. The maximum Gasteiger partial charge on any atom is 0.259 e. The van der Waals surface area contributed by atoms with Crippen LogP contribution in [0.15, 0.2) is 54.7 Å². The second-order valence-electron chi connectivity index (χ2n) is 8.50. The Balaban J connectivity index is 1.46. The molecule has 2 aliphatic heterocycles. The summed E-state index contributed by atoms with van der Waals surface area (Å²) in [6.07, 6.45) is 3.53. The van der Waals surface area contributed by atoms with Gasteiger partial charge in [0.25, 0.3) is 5.91 Å². The molecule has 3 aromatic rings. The van der Waals surface area contributed by atoms with Crippen molar-refractivity contribution in [2.24, 2.45) is 0 Å². The largest absolute Gasteiger partial charge is 0.454 e. The number of hydrogen-bond acceptors (Lipinski definition) is 7. The Hall–Kier alpha value is -3.65. The Morgan fingerprint density at radius 2 is 1.82 bits per heavy atom. The van der Waals surface area contributed by atoms with Crippen molar-refractivity contribution in [3.8, 4) is 22.9 Å². The molecule has 2 aromatic carbocycles. The molecule has 1 aromatic heterocycles. The topological polar surface area (TPSA) is 79.8 Å². The van der Waals surface area contributed by atoms with Crippen molar-refractivity contribution in [3.63, 3.8) is 0 Å². The summed E-state index contributed by atoms with van der Waals surface area (Å²) in [5.74, 6) is 2.31. The summed E-state index contributed by atoms with van der Waals surface area (Å²) >= 11 is 0. The highest BCUT2D eigenvalue weighted by Crippen LogP contribution is 2.35. The molecule has 0 saturated carbocycles. The van der Waals surface area contributed by atoms with Gasteiger partial charge in [0.2, 0.25) is 6.79 Å². The van der Waals surface area contributed by atoms with Crippen LogP contribution in [0.3, 0.4) is 0 Å². The van der Waals surface area contributed by atoms with Crippen molar-refractivity contribution in [2.75, 3.05) is 39.3 Å². The van der Waals surface area contributed by atoms with E-state index in [0.29, 0.717) is 34.7 Å². The molecular weight excluding hydrogens is 418 g/mol. The number of amides is 1. The van der Waals surface area contributed by atoms with Crippen LogP contribution in [0.2, 0.25) is 0 Å². The molecule has 170 valence electrons. The molecule has 2 aliphatic rings. The first-order chi connectivity index (χ1) is 16.1. The lowest BCUT2D eigenvalue weighted by atomic mass is 10.0. The van der Waals surface area contributed by atoms with Crippen molar-refractivity contribution in [3.05, 3.63) is 60.3 Å². The highest BCUT2D eigenvalue weighted by Gasteiger charge is 2.27. The molecule has 0 aliphatic carbocycles.